The highest BCUT2D eigenvalue weighted by Crippen LogP contribution is 2.18. The van der Waals surface area contributed by atoms with E-state index in [2.05, 4.69) is 40.7 Å². The van der Waals surface area contributed by atoms with Gasteiger partial charge < -0.3 is 10.6 Å². The molecule has 1 aliphatic heterocycles. The summed E-state index contributed by atoms with van der Waals surface area (Å²) in [5, 5.41) is 6.83. The summed E-state index contributed by atoms with van der Waals surface area (Å²) in [6.07, 6.45) is 3.71. The minimum atomic E-state index is 0.859. The molecule has 0 unspecified atom stereocenters. The summed E-state index contributed by atoms with van der Waals surface area (Å²) in [6.45, 7) is 4.93. The van der Waals surface area contributed by atoms with Crippen LogP contribution in [-0.4, -0.2) is 4.98 Å². The van der Waals surface area contributed by atoms with Crippen LogP contribution in [-0.2, 0) is 19.6 Å². The number of nitrogens with zero attached hydrogens (tertiary/aromatic N) is 1. The third-order valence-electron chi connectivity index (χ3n) is 3.40. The van der Waals surface area contributed by atoms with Crippen molar-refractivity contribution in [2.45, 2.75) is 26.6 Å². The Morgan fingerprint density at radius 3 is 3.00 bits per heavy atom. The van der Waals surface area contributed by atoms with Crippen molar-refractivity contribution in [3.05, 3.63) is 58.9 Å². The van der Waals surface area contributed by atoms with E-state index in [1.165, 1.54) is 22.3 Å². The Balaban J connectivity index is 1.72. The molecule has 0 radical (unpaired) electrons. The molecule has 2 heterocycles. The van der Waals surface area contributed by atoms with E-state index in [4.69, 9.17) is 0 Å². The number of hydrogen-bond acceptors (Lipinski definition) is 3. The average Bonchev–Trinajstić information content (AvgIpc) is 2.85. The number of anilines is 1. The number of aromatic nitrogens is 1. The van der Waals surface area contributed by atoms with Gasteiger partial charge in [-0.2, -0.15) is 0 Å². The van der Waals surface area contributed by atoms with Crippen LogP contribution in [0.1, 0.15) is 22.3 Å². The van der Waals surface area contributed by atoms with Crippen LogP contribution >= 0.6 is 0 Å². The number of nitrogens with one attached hydrogen (secondary N) is 2. The Morgan fingerprint density at radius 1 is 1.22 bits per heavy atom. The van der Waals surface area contributed by atoms with Crippen LogP contribution < -0.4 is 10.6 Å². The molecule has 3 heteroatoms. The summed E-state index contributed by atoms with van der Waals surface area (Å²) in [4.78, 5) is 4.10. The van der Waals surface area contributed by atoms with Gasteiger partial charge in [-0.3, -0.25) is 4.98 Å². The van der Waals surface area contributed by atoms with E-state index < -0.39 is 0 Å². The maximum Gasteiger partial charge on any atom is 0.0403 e. The molecule has 0 amide bonds. The zero-order chi connectivity index (χ0) is 12.4. The molecule has 0 saturated carbocycles. The molecule has 0 saturated heterocycles. The van der Waals surface area contributed by atoms with Crippen molar-refractivity contribution in [3.63, 3.8) is 0 Å². The molecule has 18 heavy (non-hydrogen) atoms. The average molecular weight is 239 g/mol. The van der Waals surface area contributed by atoms with Crippen molar-refractivity contribution in [1.29, 1.82) is 0 Å². The fourth-order valence-corrected chi connectivity index (χ4v) is 2.33. The predicted octanol–water partition coefficient (Wildman–Crippen LogP) is 2.61. The summed E-state index contributed by atoms with van der Waals surface area (Å²) in [5.74, 6) is 0. The molecular weight excluding hydrogens is 222 g/mol. The molecule has 0 aliphatic carbocycles. The highest BCUT2D eigenvalue weighted by molar-refractivity contribution is 5.49. The number of benzene rings is 1. The number of rotatable bonds is 3. The lowest BCUT2D eigenvalue weighted by Crippen LogP contribution is -2.02. The molecule has 92 valence electrons. The van der Waals surface area contributed by atoms with Gasteiger partial charge in [0, 0.05) is 37.7 Å². The summed E-state index contributed by atoms with van der Waals surface area (Å²) >= 11 is 0. The maximum atomic E-state index is 4.10. The largest absolute Gasteiger partial charge is 0.381 e. The van der Waals surface area contributed by atoms with E-state index in [0.29, 0.717) is 0 Å². The molecule has 1 aromatic heterocycles. The Morgan fingerprint density at radius 2 is 2.11 bits per heavy atom. The third kappa shape index (κ3) is 2.22. The van der Waals surface area contributed by atoms with Gasteiger partial charge in [-0.1, -0.05) is 18.2 Å². The standard InChI is InChI=1S/C15H17N3/c1-11-7-16-5-4-15(11)18-8-12-2-3-13-9-17-10-14(13)6-12/h2-7,17H,8-10H2,1H3,(H,16,18). The van der Waals surface area contributed by atoms with Crippen molar-refractivity contribution >= 4 is 5.69 Å². The van der Waals surface area contributed by atoms with E-state index >= 15 is 0 Å². The van der Waals surface area contributed by atoms with E-state index in [0.717, 1.165) is 25.3 Å². The lowest BCUT2D eigenvalue weighted by atomic mass is 10.1. The lowest BCUT2D eigenvalue weighted by Gasteiger charge is -2.10. The Kier molecular flexibility index (Phi) is 2.99. The predicted molar refractivity (Wildman–Crippen MR) is 73.3 cm³/mol. The van der Waals surface area contributed by atoms with E-state index in [9.17, 15) is 0 Å². The number of aryl methyl sites for hydroxylation is 1. The minimum absolute atomic E-state index is 0.859. The highest BCUT2D eigenvalue weighted by atomic mass is 14.9. The van der Waals surface area contributed by atoms with Crippen molar-refractivity contribution in [1.82, 2.24) is 10.3 Å². The smallest absolute Gasteiger partial charge is 0.0403 e. The molecular formula is C15H17N3. The van der Waals surface area contributed by atoms with Gasteiger partial charge >= 0.3 is 0 Å². The quantitative estimate of drug-likeness (QED) is 0.864. The molecule has 1 aliphatic rings. The molecule has 0 atom stereocenters. The second kappa shape index (κ2) is 4.78. The summed E-state index contributed by atoms with van der Waals surface area (Å²) in [7, 11) is 0. The molecule has 0 fully saturated rings. The van der Waals surface area contributed by atoms with Crippen LogP contribution in [0, 0.1) is 6.92 Å². The van der Waals surface area contributed by atoms with Crippen molar-refractivity contribution in [3.8, 4) is 0 Å². The molecule has 2 aromatic rings. The first kappa shape index (κ1) is 11.2. The fourth-order valence-electron chi connectivity index (χ4n) is 2.33. The van der Waals surface area contributed by atoms with Crippen LogP contribution in [0.2, 0.25) is 0 Å². The Hall–Kier alpha value is -1.87. The monoisotopic (exact) mass is 239 g/mol. The van der Waals surface area contributed by atoms with Crippen LogP contribution in [0.15, 0.2) is 36.7 Å². The van der Waals surface area contributed by atoms with Crippen LogP contribution in [0.25, 0.3) is 0 Å². The van der Waals surface area contributed by atoms with Gasteiger partial charge in [0.2, 0.25) is 0 Å². The van der Waals surface area contributed by atoms with Crippen LogP contribution in [0.4, 0.5) is 5.69 Å². The maximum absolute atomic E-state index is 4.10. The lowest BCUT2D eigenvalue weighted by molar-refractivity contribution is 0.764. The van der Waals surface area contributed by atoms with Crippen LogP contribution in [0.5, 0.6) is 0 Å². The van der Waals surface area contributed by atoms with Gasteiger partial charge in [-0.15, -0.1) is 0 Å². The number of hydrogen-bond donors (Lipinski definition) is 2. The number of fused-ring (bicyclic) bond motifs is 1. The summed E-state index contributed by atoms with van der Waals surface area (Å²) in [5.41, 5.74) is 6.53. The second-order valence-electron chi connectivity index (χ2n) is 4.75. The number of pyridine rings is 1. The fraction of sp³-hybridized carbons (Fsp3) is 0.267. The summed E-state index contributed by atoms with van der Waals surface area (Å²) in [6, 6.07) is 8.74. The van der Waals surface area contributed by atoms with Gasteiger partial charge in [-0.25, -0.2) is 0 Å². The van der Waals surface area contributed by atoms with Crippen molar-refractivity contribution < 1.29 is 0 Å². The van der Waals surface area contributed by atoms with Gasteiger partial charge in [0.05, 0.1) is 0 Å². The van der Waals surface area contributed by atoms with Gasteiger partial charge in [-0.05, 0) is 35.2 Å². The zero-order valence-electron chi connectivity index (χ0n) is 10.5. The molecule has 0 spiro atoms. The van der Waals surface area contributed by atoms with Gasteiger partial charge in [0.15, 0.2) is 0 Å². The van der Waals surface area contributed by atoms with Gasteiger partial charge in [0.25, 0.3) is 0 Å². The third-order valence-corrected chi connectivity index (χ3v) is 3.40. The van der Waals surface area contributed by atoms with Gasteiger partial charge in [0.1, 0.15) is 0 Å². The summed E-state index contributed by atoms with van der Waals surface area (Å²) < 4.78 is 0. The van der Waals surface area contributed by atoms with E-state index in [1.807, 2.05) is 18.5 Å². The highest BCUT2D eigenvalue weighted by Gasteiger charge is 2.09. The first-order valence-corrected chi connectivity index (χ1v) is 6.29. The van der Waals surface area contributed by atoms with Crippen LogP contribution in [0.3, 0.4) is 0 Å². The van der Waals surface area contributed by atoms with E-state index in [-0.39, 0.29) is 0 Å². The second-order valence-corrected chi connectivity index (χ2v) is 4.75. The van der Waals surface area contributed by atoms with E-state index in [1.54, 1.807) is 0 Å². The topological polar surface area (TPSA) is 37.0 Å². The molecule has 0 bridgehead atoms. The van der Waals surface area contributed by atoms with Crippen molar-refractivity contribution in [2.24, 2.45) is 0 Å². The Labute approximate surface area is 107 Å². The zero-order valence-corrected chi connectivity index (χ0v) is 10.5. The molecule has 1 aromatic carbocycles. The first-order chi connectivity index (χ1) is 8.83. The minimum Gasteiger partial charge on any atom is -0.381 e. The van der Waals surface area contributed by atoms with Crippen molar-refractivity contribution in [2.75, 3.05) is 5.32 Å². The normalized spacial score (nSPS) is 13.4. The molecule has 3 nitrogen and oxygen atoms in total. The Bertz CT molecular complexity index is 563. The SMILES string of the molecule is Cc1cnccc1NCc1ccc2c(c1)CNC2. The first-order valence-electron chi connectivity index (χ1n) is 6.29. The molecule has 2 N–H and O–H groups in total. The molecule has 3 rings (SSSR count).